The van der Waals surface area contributed by atoms with E-state index in [0.717, 1.165) is 17.3 Å². The molecule has 6 heteroatoms. The molecule has 2 aromatic carbocycles. The van der Waals surface area contributed by atoms with Crippen LogP contribution in [0.4, 0.5) is 0 Å². The number of ether oxygens (including phenoxy) is 1. The van der Waals surface area contributed by atoms with Crippen molar-refractivity contribution >= 4 is 45.5 Å². The Kier molecular flexibility index (Phi) is 5.65. The average Bonchev–Trinajstić information content (AvgIpc) is 2.90. The van der Waals surface area contributed by atoms with Gasteiger partial charge in [0.2, 0.25) is 5.12 Å². The van der Waals surface area contributed by atoms with Crippen molar-refractivity contribution in [2.45, 2.75) is 0 Å². The predicted octanol–water partition coefficient (Wildman–Crippen LogP) is 4.29. The van der Waals surface area contributed by atoms with Gasteiger partial charge in [0, 0.05) is 6.54 Å². The zero-order valence-electron chi connectivity index (χ0n) is 13.8. The Morgan fingerprint density at radius 1 is 1.19 bits per heavy atom. The Labute approximate surface area is 161 Å². The van der Waals surface area contributed by atoms with Crippen LogP contribution in [0, 0.1) is 0 Å². The largest absolute Gasteiger partial charge is 0.423 e. The number of benzene rings is 2. The SMILES string of the molecule is C=CCN1C(=S)SC(=O)/C1=C/c1cccc(OC(=O)c2ccccc2)c1. The van der Waals surface area contributed by atoms with Gasteiger partial charge >= 0.3 is 5.97 Å². The van der Waals surface area contributed by atoms with E-state index in [4.69, 9.17) is 17.0 Å². The van der Waals surface area contributed by atoms with Gasteiger partial charge in [0.15, 0.2) is 0 Å². The van der Waals surface area contributed by atoms with Gasteiger partial charge in [-0.05, 0) is 47.7 Å². The molecule has 0 atom stereocenters. The molecule has 4 nitrogen and oxygen atoms in total. The number of nitrogens with zero attached hydrogens (tertiary/aromatic N) is 1. The summed E-state index contributed by atoms with van der Waals surface area (Å²) >= 11 is 6.25. The minimum atomic E-state index is -0.433. The molecule has 0 N–H and O–H groups in total. The lowest BCUT2D eigenvalue weighted by Gasteiger charge is -2.15. The van der Waals surface area contributed by atoms with E-state index in [0.29, 0.717) is 27.9 Å². The molecule has 0 saturated carbocycles. The Morgan fingerprint density at radius 2 is 1.96 bits per heavy atom. The lowest BCUT2D eigenvalue weighted by Crippen LogP contribution is -2.21. The highest BCUT2D eigenvalue weighted by Gasteiger charge is 2.30. The van der Waals surface area contributed by atoms with Gasteiger partial charge in [-0.2, -0.15) is 0 Å². The van der Waals surface area contributed by atoms with E-state index < -0.39 is 5.97 Å². The normalized spacial score (nSPS) is 15.4. The highest BCUT2D eigenvalue weighted by Crippen LogP contribution is 2.31. The van der Waals surface area contributed by atoms with Gasteiger partial charge in [-0.15, -0.1) is 6.58 Å². The number of hydrogen-bond acceptors (Lipinski definition) is 5. The number of esters is 1. The summed E-state index contributed by atoms with van der Waals surface area (Å²) in [5.74, 6) is -0.0264. The van der Waals surface area contributed by atoms with Crippen LogP contribution in [0.1, 0.15) is 15.9 Å². The fraction of sp³-hybridized carbons (Fsp3) is 0.0500. The quantitative estimate of drug-likeness (QED) is 0.253. The molecule has 1 fully saturated rings. The summed E-state index contributed by atoms with van der Waals surface area (Å²) in [4.78, 5) is 26.1. The highest BCUT2D eigenvalue weighted by atomic mass is 32.2. The van der Waals surface area contributed by atoms with Gasteiger partial charge in [0.05, 0.1) is 11.3 Å². The van der Waals surface area contributed by atoms with E-state index in [9.17, 15) is 9.59 Å². The summed E-state index contributed by atoms with van der Waals surface area (Å²) in [6.07, 6.45) is 3.43. The molecule has 0 unspecified atom stereocenters. The van der Waals surface area contributed by atoms with Gasteiger partial charge < -0.3 is 9.64 Å². The maximum Gasteiger partial charge on any atom is 0.343 e. The second-order valence-electron chi connectivity index (χ2n) is 5.41. The van der Waals surface area contributed by atoms with Crippen molar-refractivity contribution in [3.63, 3.8) is 0 Å². The van der Waals surface area contributed by atoms with Crippen molar-refractivity contribution in [3.8, 4) is 5.75 Å². The highest BCUT2D eigenvalue weighted by molar-refractivity contribution is 8.33. The van der Waals surface area contributed by atoms with Crippen molar-refractivity contribution < 1.29 is 14.3 Å². The van der Waals surface area contributed by atoms with Gasteiger partial charge in [-0.3, -0.25) is 4.79 Å². The Balaban J connectivity index is 1.83. The summed E-state index contributed by atoms with van der Waals surface area (Å²) in [6, 6.07) is 15.8. The molecule has 0 radical (unpaired) electrons. The van der Waals surface area contributed by atoms with Crippen LogP contribution in [0.15, 0.2) is 72.9 Å². The van der Waals surface area contributed by atoms with Crippen LogP contribution in [0.3, 0.4) is 0 Å². The van der Waals surface area contributed by atoms with Gasteiger partial charge in [0.1, 0.15) is 10.1 Å². The third kappa shape index (κ3) is 4.09. The first kappa shape index (κ1) is 18.1. The molecule has 1 saturated heterocycles. The van der Waals surface area contributed by atoms with Crippen LogP contribution in [-0.2, 0) is 4.79 Å². The van der Waals surface area contributed by atoms with Crippen LogP contribution >= 0.6 is 24.0 Å². The van der Waals surface area contributed by atoms with Crippen LogP contribution < -0.4 is 4.74 Å². The minimum Gasteiger partial charge on any atom is -0.423 e. The van der Waals surface area contributed by atoms with E-state index >= 15 is 0 Å². The lowest BCUT2D eigenvalue weighted by atomic mass is 10.1. The molecule has 0 spiro atoms. The van der Waals surface area contributed by atoms with Gasteiger partial charge in [0.25, 0.3) is 0 Å². The van der Waals surface area contributed by atoms with Crippen LogP contribution in [-0.4, -0.2) is 26.8 Å². The van der Waals surface area contributed by atoms with Crippen LogP contribution in [0.5, 0.6) is 5.75 Å². The summed E-state index contributed by atoms with van der Waals surface area (Å²) in [6.45, 7) is 4.16. The molecule has 0 aliphatic carbocycles. The molecule has 26 heavy (non-hydrogen) atoms. The number of rotatable bonds is 5. The van der Waals surface area contributed by atoms with Crippen molar-refractivity contribution in [2.75, 3.05) is 6.54 Å². The fourth-order valence-electron chi connectivity index (χ4n) is 2.40. The smallest absolute Gasteiger partial charge is 0.343 e. The zero-order chi connectivity index (χ0) is 18.5. The Hall–Kier alpha value is -2.70. The molecule has 0 amide bonds. The van der Waals surface area contributed by atoms with E-state index in [-0.39, 0.29) is 5.12 Å². The molecule has 2 aromatic rings. The van der Waals surface area contributed by atoms with Crippen LogP contribution in [0.2, 0.25) is 0 Å². The van der Waals surface area contributed by atoms with E-state index in [1.165, 1.54) is 0 Å². The fourth-order valence-corrected chi connectivity index (χ4v) is 3.52. The van der Waals surface area contributed by atoms with E-state index in [2.05, 4.69) is 6.58 Å². The van der Waals surface area contributed by atoms with Gasteiger partial charge in [-0.25, -0.2) is 4.79 Å². The van der Waals surface area contributed by atoms with Crippen molar-refractivity contribution in [1.82, 2.24) is 4.90 Å². The standard InChI is InChI=1S/C20H15NO3S2/c1-2-11-21-17(19(23)26-20(21)25)13-14-7-6-10-16(12-14)24-18(22)15-8-4-3-5-9-15/h2-10,12-13H,1,11H2/b17-13-. The lowest BCUT2D eigenvalue weighted by molar-refractivity contribution is -0.108. The topological polar surface area (TPSA) is 46.6 Å². The zero-order valence-corrected chi connectivity index (χ0v) is 15.4. The number of carbonyl (C=O) groups is 2. The molecule has 130 valence electrons. The molecule has 3 rings (SSSR count). The van der Waals surface area contributed by atoms with Crippen molar-refractivity contribution in [3.05, 3.63) is 84.1 Å². The first-order chi connectivity index (χ1) is 12.6. The maximum absolute atomic E-state index is 12.2. The van der Waals surface area contributed by atoms with Crippen molar-refractivity contribution in [1.29, 1.82) is 0 Å². The Morgan fingerprint density at radius 3 is 2.69 bits per heavy atom. The summed E-state index contributed by atoms with van der Waals surface area (Å²) < 4.78 is 5.92. The maximum atomic E-state index is 12.2. The third-order valence-electron chi connectivity index (χ3n) is 3.59. The average molecular weight is 381 g/mol. The molecule has 0 aromatic heterocycles. The minimum absolute atomic E-state index is 0.108. The second-order valence-corrected chi connectivity index (χ2v) is 7.02. The predicted molar refractivity (Wildman–Crippen MR) is 108 cm³/mol. The molecule has 1 aliphatic heterocycles. The van der Waals surface area contributed by atoms with Gasteiger partial charge in [-0.1, -0.05) is 48.6 Å². The molecular formula is C20H15NO3S2. The molecule has 1 heterocycles. The number of hydrogen-bond donors (Lipinski definition) is 0. The summed E-state index contributed by atoms with van der Waals surface area (Å²) in [7, 11) is 0. The number of carbonyl (C=O) groups excluding carboxylic acids is 2. The second kappa shape index (κ2) is 8.12. The summed E-state index contributed by atoms with van der Waals surface area (Å²) in [5, 5.41) is -0.108. The number of thiocarbonyl (C=S) groups is 1. The van der Waals surface area contributed by atoms with E-state index in [1.54, 1.807) is 59.5 Å². The Bertz CT molecular complexity index is 906. The first-order valence-corrected chi connectivity index (χ1v) is 9.04. The molecular weight excluding hydrogens is 366 g/mol. The molecule has 1 aliphatic rings. The summed E-state index contributed by atoms with van der Waals surface area (Å²) in [5.41, 5.74) is 1.71. The number of thioether (sulfide) groups is 1. The monoisotopic (exact) mass is 381 g/mol. The first-order valence-electron chi connectivity index (χ1n) is 7.82. The molecule has 0 bridgehead atoms. The van der Waals surface area contributed by atoms with Crippen molar-refractivity contribution in [2.24, 2.45) is 0 Å². The van der Waals surface area contributed by atoms with Crippen LogP contribution in [0.25, 0.3) is 6.08 Å². The van der Waals surface area contributed by atoms with E-state index in [1.807, 2.05) is 12.1 Å². The third-order valence-corrected chi connectivity index (χ3v) is 4.85.